The molecule has 4 heteroatoms. The quantitative estimate of drug-likeness (QED) is 0.848. The lowest BCUT2D eigenvalue weighted by atomic mass is 9.98. The highest BCUT2D eigenvalue weighted by molar-refractivity contribution is 6.08. The lowest BCUT2D eigenvalue weighted by Crippen LogP contribution is -2.36. The molecule has 0 aliphatic carbocycles. The van der Waals surface area contributed by atoms with Crippen molar-refractivity contribution in [2.75, 3.05) is 11.4 Å². The third-order valence-electron chi connectivity index (χ3n) is 4.08. The standard InChI is InChI=1S/C17H20N2O2/c1-4-14-16(12(3)21-18-14)17(20)19-9-5-6-13-10-11(2)7-8-15(13)19/h7-8,10H,4-6,9H2,1-3H3. The van der Waals surface area contributed by atoms with Crippen LogP contribution in [0, 0.1) is 13.8 Å². The molecule has 1 aromatic carbocycles. The van der Waals surface area contributed by atoms with E-state index < -0.39 is 0 Å². The van der Waals surface area contributed by atoms with Crippen molar-refractivity contribution in [3.8, 4) is 0 Å². The summed E-state index contributed by atoms with van der Waals surface area (Å²) in [5.74, 6) is 0.617. The molecule has 0 saturated heterocycles. The molecule has 1 aromatic heterocycles. The number of fused-ring (bicyclic) bond motifs is 1. The van der Waals surface area contributed by atoms with Gasteiger partial charge in [0.25, 0.3) is 5.91 Å². The van der Waals surface area contributed by atoms with Crippen LogP contribution in [-0.4, -0.2) is 17.6 Å². The van der Waals surface area contributed by atoms with Gasteiger partial charge in [-0.2, -0.15) is 0 Å². The van der Waals surface area contributed by atoms with Gasteiger partial charge in [0.05, 0.1) is 5.69 Å². The Bertz CT molecular complexity index is 688. The first-order valence-corrected chi connectivity index (χ1v) is 7.48. The highest BCUT2D eigenvalue weighted by Gasteiger charge is 2.28. The molecule has 3 rings (SSSR count). The molecule has 0 radical (unpaired) electrons. The van der Waals surface area contributed by atoms with E-state index in [9.17, 15) is 4.79 Å². The van der Waals surface area contributed by atoms with Crippen molar-refractivity contribution in [2.45, 2.75) is 40.0 Å². The van der Waals surface area contributed by atoms with E-state index >= 15 is 0 Å². The SMILES string of the molecule is CCc1noc(C)c1C(=O)N1CCCc2cc(C)ccc21. The van der Waals surface area contributed by atoms with E-state index in [1.165, 1.54) is 11.1 Å². The minimum absolute atomic E-state index is 0.00963. The summed E-state index contributed by atoms with van der Waals surface area (Å²) in [6, 6.07) is 6.29. The van der Waals surface area contributed by atoms with E-state index in [0.29, 0.717) is 17.7 Å². The van der Waals surface area contributed by atoms with Crippen LogP contribution in [0.5, 0.6) is 0 Å². The molecule has 0 atom stereocenters. The van der Waals surface area contributed by atoms with Crippen LogP contribution in [0.4, 0.5) is 5.69 Å². The van der Waals surface area contributed by atoms with Crippen molar-refractivity contribution in [3.63, 3.8) is 0 Å². The number of carbonyl (C=O) groups is 1. The maximum Gasteiger partial charge on any atom is 0.263 e. The van der Waals surface area contributed by atoms with E-state index in [0.717, 1.165) is 30.8 Å². The predicted octanol–water partition coefficient (Wildman–Crippen LogP) is 3.45. The Morgan fingerprint density at radius 3 is 2.95 bits per heavy atom. The molecule has 0 fully saturated rings. The summed E-state index contributed by atoms with van der Waals surface area (Å²) >= 11 is 0. The number of benzene rings is 1. The fraction of sp³-hybridized carbons (Fsp3) is 0.412. The second kappa shape index (κ2) is 5.35. The molecular weight excluding hydrogens is 264 g/mol. The first-order valence-electron chi connectivity index (χ1n) is 7.48. The smallest absolute Gasteiger partial charge is 0.263 e. The summed E-state index contributed by atoms with van der Waals surface area (Å²) in [5.41, 5.74) is 4.89. The van der Waals surface area contributed by atoms with Crippen LogP contribution in [0.15, 0.2) is 22.7 Å². The maximum atomic E-state index is 12.9. The normalized spacial score (nSPS) is 14.1. The molecule has 2 heterocycles. The van der Waals surface area contributed by atoms with E-state index in [2.05, 4.69) is 30.3 Å². The van der Waals surface area contributed by atoms with Gasteiger partial charge in [-0.25, -0.2) is 0 Å². The zero-order valence-electron chi connectivity index (χ0n) is 12.8. The summed E-state index contributed by atoms with van der Waals surface area (Å²) < 4.78 is 5.21. The molecule has 0 spiro atoms. The van der Waals surface area contributed by atoms with Crippen LogP contribution < -0.4 is 4.90 Å². The van der Waals surface area contributed by atoms with Gasteiger partial charge in [-0.1, -0.05) is 29.8 Å². The number of rotatable bonds is 2. The second-order valence-electron chi connectivity index (χ2n) is 5.61. The first kappa shape index (κ1) is 13.9. The van der Waals surface area contributed by atoms with Crippen molar-refractivity contribution in [3.05, 3.63) is 46.3 Å². The Kier molecular flexibility index (Phi) is 3.53. The van der Waals surface area contributed by atoms with Gasteiger partial charge in [0.15, 0.2) is 0 Å². The van der Waals surface area contributed by atoms with E-state index in [4.69, 9.17) is 4.52 Å². The van der Waals surface area contributed by atoms with E-state index in [-0.39, 0.29) is 5.91 Å². The van der Waals surface area contributed by atoms with Gasteiger partial charge in [0.2, 0.25) is 0 Å². The van der Waals surface area contributed by atoms with Gasteiger partial charge >= 0.3 is 0 Å². The van der Waals surface area contributed by atoms with Gasteiger partial charge in [-0.15, -0.1) is 0 Å². The van der Waals surface area contributed by atoms with E-state index in [1.807, 2.05) is 11.8 Å². The Morgan fingerprint density at radius 2 is 2.19 bits per heavy atom. The van der Waals surface area contributed by atoms with E-state index in [1.54, 1.807) is 6.92 Å². The van der Waals surface area contributed by atoms with Gasteiger partial charge < -0.3 is 9.42 Å². The summed E-state index contributed by atoms with van der Waals surface area (Å²) in [4.78, 5) is 14.8. The Balaban J connectivity index is 2.02. The number of amides is 1. The highest BCUT2D eigenvalue weighted by Crippen LogP contribution is 2.30. The number of hydrogen-bond acceptors (Lipinski definition) is 3. The van der Waals surface area contributed by atoms with Gasteiger partial charge in [-0.05, 0) is 44.7 Å². The molecule has 0 saturated carbocycles. The summed E-state index contributed by atoms with van der Waals surface area (Å²) in [6.07, 6.45) is 2.73. The number of nitrogens with zero attached hydrogens (tertiary/aromatic N) is 2. The van der Waals surface area contributed by atoms with Gasteiger partial charge in [-0.3, -0.25) is 4.79 Å². The van der Waals surface area contributed by atoms with Crippen molar-refractivity contribution in [2.24, 2.45) is 0 Å². The van der Waals surface area contributed by atoms with Crippen LogP contribution in [0.25, 0.3) is 0 Å². The van der Waals surface area contributed by atoms with Gasteiger partial charge in [0, 0.05) is 12.2 Å². The number of aromatic nitrogens is 1. The molecule has 21 heavy (non-hydrogen) atoms. The number of carbonyl (C=O) groups excluding carboxylic acids is 1. The first-order chi connectivity index (χ1) is 10.1. The zero-order chi connectivity index (χ0) is 15.0. The molecule has 1 aliphatic heterocycles. The second-order valence-corrected chi connectivity index (χ2v) is 5.61. The lowest BCUT2D eigenvalue weighted by Gasteiger charge is -2.29. The molecule has 2 aromatic rings. The molecule has 1 amide bonds. The Hall–Kier alpha value is -2.10. The van der Waals surface area contributed by atoms with Crippen LogP contribution in [0.3, 0.4) is 0 Å². The average Bonchev–Trinajstić information content (AvgIpc) is 2.86. The van der Waals surface area contributed by atoms with Crippen molar-refractivity contribution in [1.82, 2.24) is 5.16 Å². The number of anilines is 1. The maximum absolute atomic E-state index is 12.9. The lowest BCUT2D eigenvalue weighted by molar-refractivity contribution is 0.0983. The van der Waals surface area contributed by atoms with Crippen molar-refractivity contribution >= 4 is 11.6 Å². The molecule has 0 N–H and O–H groups in total. The third-order valence-corrected chi connectivity index (χ3v) is 4.08. The monoisotopic (exact) mass is 284 g/mol. The largest absolute Gasteiger partial charge is 0.361 e. The van der Waals surface area contributed by atoms with Crippen LogP contribution in [0.2, 0.25) is 0 Å². The molecule has 0 unspecified atom stereocenters. The summed E-state index contributed by atoms with van der Waals surface area (Å²) in [6.45, 7) is 6.63. The van der Waals surface area contributed by atoms with Crippen LogP contribution >= 0.6 is 0 Å². The highest BCUT2D eigenvalue weighted by atomic mass is 16.5. The Labute approximate surface area is 124 Å². The molecule has 110 valence electrons. The van der Waals surface area contributed by atoms with Crippen molar-refractivity contribution < 1.29 is 9.32 Å². The fourth-order valence-corrected chi connectivity index (χ4v) is 3.01. The average molecular weight is 284 g/mol. The predicted molar refractivity (Wildman–Crippen MR) is 81.8 cm³/mol. The van der Waals surface area contributed by atoms with Crippen LogP contribution in [-0.2, 0) is 12.8 Å². The zero-order valence-corrected chi connectivity index (χ0v) is 12.8. The molecule has 1 aliphatic rings. The minimum Gasteiger partial charge on any atom is -0.361 e. The number of aryl methyl sites for hydroxylation is 4. The van der Waals surface area contributed by atoms with Gasteiger partial charge in [0.1, 0.15) is 11.3 Å². The fourth-order valence-electron chi connectivity index (χ4n) is 3.01. The minimum atomic E-state index is 0.00963. The molecule has 0 bridgehead atoms. The summed E-state index contributed by atoms with van der Waals surface area (Å²) in [7, 11) is 0. The summed E-state index contributed by atoms with van der Waals surface area (Å²) in [5, 5.41) is 4.00. The topological polar surface area (TPSA) is 46.3 Å². The Morgan fingerprint density at radius 1 is 1.38 bits per heavy atom. The van der Waals surface area contributed by atoms with Crippen LogP contribution in [0.1, 0.15) is 46.3 Å². The molecular formula is C17H20N2O2. The van der Waals surface area contributed by atoms with Crippen molar-refractivity contribution in [1.29, 1.82) is 0 Å². The molecule has 4 nitrogen and oxygen atoms in total. The number of hydrogen-bond donors (Lipinski definition) is 0. The third kappa shape index (κ3) is 2.35.